The Morgan fingerprint density at radius 1 is 1.20 bits per heavy atom. The van der Waals surface area contributed by atoms with Crippen LogP contribution in [0.4, 0.5) is 16.8 Å². The third-order valence-corrected chi connectivity index (χ3v) is 4.64. The maximum absolute atomic E-state index is 12.6. The molecule has 4 heterocycles. The summed E-state index contributed by atoms with van der Waals surface area (Å²) < 4.78 is 11.9. The first-order valence-electron chi connectivity index (χ1n) is 8.44. The molecule has 30 heavy (non-hydrogen) atoms. The van der Waals surface area contributed by atoms with Gasteiger partial charge in [0.05, 0.1) is 12.8 Å². The number of imidazole rings is 1. The van der Waals surface area contributed by atoms with Crippen LogP contribution < -0.4 is 21.0 Å². The van der Waals surface area contributed by atoms with E-state index in [1.54, 1.807) is 23.0 Å². The zero-order valence-corrected chi connectivity index (χ0v) is 16.5. The Hall–Kier alpha value is -4.13. The number of ether oxygens (including phenoxy) is 1. The Morgan fingerprint density at radius 2 is 2.00 bits per heavy atom. The van der Waals surface area contributed by atoms with Crippen molar-refractivity contribution in [2.45, 2.75) is 0 Å². The van der Waals surface area contributed by atoms with E-state index >= 15 is 0 Å². The smallest absolute Gasteiger partial charge is 0.381 e. The highest BCUT2D eigenvalue weighted by Crippen LogP contribution is 2.26. The van der Waals surface area contributed by atoms with E-state index in [4.69, 9.17) is 9.15 Å². The molecule has 0 aromatic carbocycles. The molecule has 0 aliphatic rings. The second-order valence-corrected chi connectivity index (χ2v) is 6.75. The Morgan fingerprint density at radius 3 is 2.70 bits per heavy atom. The molecule has 0 saturated carbocycles. The minimum Gasteiger partial charge on any atom is -0.488 e. The molecule has 0 spiro atoms. The molecule has 13 heteroatoms. The van der Waals surface area contributed by atoms with Crippen molar-refractivity contribution < 1.29 is 13.9 Å². The Bertz CT molecular complexity index is 1250. The molecule has 0 aliphatic heterocycles. The number of aryl methyl sites for hydroxylation is 1. The number of aromatic nitrogens is 6. The number of methoxy groups -OCH3 is 1. The number of anilines is 3. The number of amides is 1. The van der Waals surface area contributed by atoms with Crippen LogP contribution in [-0.2, 0) is 7.05 Å². The van der Waals surface area contributed by atoms with Crippen molar-refractivity contribution in [1.82, 2.24) is 29.7 Å². The number of nitrogens with one attached hydrogen (secondary N) is 2. The maximum Gasteiger partial charge on any atom is 0.381 e. The summed E-state index contributed by atoms with van der Waals surface area (Å²) in [6.45, 7) is 0. The van der Waals surface area contributed by atoms with Crippen molar-refractivity contribution in [3.05, 3.63) is 53.1 Å². The van der Waals surface area contributed by atoms with Crippen LogP contribution in [0.1, 0.15) is 10.6 Å². The molecule has 1 amide bonds. The van der Waals surface area contributed by atoms with E-state index in [-0.39, 0.29) is 28.3 Å². The Labute approximate surface area is 172 Å². The van der Waals surface area contributed by atoms with Crippen molar-refractivity contribution in [3.63, 3.8) is 0 Å². The molecule has 4 aromatic heterocycles. The average Bonchev–Trinajstić information content (AvgIpc) is 3.37. The van der Waals surface area contributed by atoms with Crippen molar-refractivity contribution in [2.75, 3.05) is 17.7 Å². The van der Waals surface area contributed by atoms with E-state index in [1.165, 1.54) is 25.6 Å². The van der Waals surface area contributed by atoms with Gasteiger partial charge in [0.25, 0.3) is 5.91 Å². The monoisotopic (exact) mass is 426 g/mol. The van der Waals surface area contributed by atoms with Crippen LogP contribution in [0.5, 0.6) is 5.75 Å². The van der Waals surface area contributed by atoms with Gasteiger partial charge in [-0.2, -0.15) is 0 Å². The van der Waals surface area contributed by atoms with Gasteiger partial charge in [-0.1, -0.05) is 11.3 Å². The summed E-state index contributed by atoms with van der Waals surface area (Å²) in [4.78, 5) is 37.1. The molecular weight excluding hydrogens is 412 g/mol. The molecule has 0 saturated heterocycles. The van der Waals surface area contributed by atoms with Gasteiger partial charge in [0.15, 0.2) is 16.6 Å². The fourth-order valence-electron chi connectivity index (χ4n) is 2.46. The number of nitrogens with zero attached hydrogens (tertiary/aromatic N) is 6. The predicted octanol–water partition coefficient (Wildman–Crippen LogP) is 1.69. The average molecular weight is 426 g/mol. The highest BCUT2D eigenvalue weighted by Gasteiger charge is 2.20. The lowest BCUT2D eigenvalue weighted by Gasteiger charge is -2.09. The van der Waals surface area contributed by atoms with Crippen molar-refractivity contribution in [1.29, 1.82) is 0 Å². The van der Waals surface area contributed by atoms with Crippen LogP contribution in [0.15, 0.2) is 46.1 Å². The van der Waals surface area contributed by atoms with Crippen LogP contribution in [-0.4, -0.2) is 42.7 Å². The van der Waals surface area contributed by atoms with E-state index in [1.807, 2.05) is 7.05 Å². The van der Waals surface area contributed by atoms with E-state index in [0.717, 1.165) is 11.3 Å². The standard InChI is InChI=1S/C17H14N8O4S/c1-25-7-6-18-12(25)14-23-24-17(30-14)22-13(26)10-8-9(11(28-2)15(27)29-10)21-16-19-4-3-5-20-16/h3-8H,1-2H3,(H,19,20,21)(H,22,24,26). The van der Waals surface area contributed by atoms with Gasteiger partial charge in [-0.3, -0.25) is 10.1 Å². The number of hydrogen-bond acceptors (Lipinski definition) is 11. The van der Waals surface area contributed by atoms with Crippen LogP contribution >= 0.6 is 11.3 Å². The highest BCUT2D eigenvalue weighted by molar-refractivity contribution is 7.18. The summed E-state index contributed by atoms with van der Waals surface area (Å²) >= 11 is 1.13. The Kier molecular flexibility index (Phi) is 5.17. The summed E-state index contributed by atoms with van der Waals surface area (Å²) in [5, 5.41) is 14.1. The van der Waals surface area contributed by atoms with Crippen molar-refractivity contribution in [2.24, 2.45) is 7.05 Å². The molecule has 4 rings (SSSR count). The molecule has 12 nitrogen and oxygen atoms in total. The van der Waals surface area contributed by atoms with Crippen molar-refractivity contribution >= 4 is 34.0 Å². The molecule has 0 unspecified atom stereocenters. The zero-order valence-electron chi connectivity index (χ0n) is 15.7. The molecule has 0 aliphatic carbocycles. The first kappa shape index (κ1) is 19.2. The van der Waals surface area contributed by atoms with Crippen LogP contribution in [0.25, 0.3) is 10.8 Å². The van der Waals surface area contributed by atoms with Gasteiger partial charge in [0, 0.05) is 37.9 Å². The van der Waals surface area contributed by atoms with E-state index < -0.39 is 11.5 Å². The normalized spacial score (nSPS) is 10.6. The minimum atomic E-state index is -0.838. The van der Waals surface area contributed by atoms with E-state index in [2.05, 4.69) is 35.8 Å². The maximum atomic E-state index is 12.6. The molecular formula is C17H14N8O4S. The van der Waals surface area contributed by atoms with Gasteiger partial charge < -0.3 is 19.0 Å². The third kappa shape index (κ3) is 3.86. The van der Waals surface area contributed by atoms with Crippen LogP contribution in [0.3, 0.4) is 0 Å². The summed E-state index contributed by atoms with van der Waals surface area (Å²) in [5.41, 5.74) is -0.661. The van der Waals surface area contributed by atoms with Gasteiger partial charge in [-0.25, -0.2) is 19.7 Å². The molecule has 0 atom stereocenters. The Balaban J connectivity index is 1.59. The number of carbonyl (C=O) groups excluding carboxylic acids is 1. The van der Waals surface area contributed by atoms with E-state index in [9.17, 15) is 9.59 Å². The largest absolute Gasteiger partial charge is 0.488 e. The predicted molar refractivity (Wildman–Crippen MR) is 107 cm³/mol. The first-order chi connectivity index (χ1) is 14.5. The van der Waals surface area contributed by atoms with E-state index in [0.29, 0.717) is 10.8 Å². The van der Waals surface area contributed by atoms with Gasteiger partial charge in [0.2, 0.25) is 16.8 Å². The molecule has 152 valence electrons. The van der Waals surface area contributed by atoms with Gasteiger partial charge >= 0.3 is 5.63 Å². The molecule has 0 fully saturated rings. The lowest BCUT2D eigenvalue weighted by atomic mass is 10.3. The lowest BCUT2D eigenvalue weighted by molar-refractivity contribution is 0.0991. The highest BCUT2D eigenvalue weighted by atomic mass is 32.1. The quantitative estimate of drug-likeness (QED) is 0.466. The van der Waals surface area contributed by atoms with Crippen LogP contribution in [0.2, 0.25) is 0 Å². The summed E-state index contributed by atoms with van der Waals surface area (Å²) in [6.07, 6.45) is 6.45. The molecule has 0 radical (unpaired) electrons. The lowest BCUT2D eigenvalue weighted by Crippen LogP contribution is -2.17. The summed E-state index contributed by atoms with van der Waals surface area (Å²) in [5.74, 6) is -0.232. The van der Waals surface area contributed by atoms with Gasteiger partial charge in [0.1, 0.15) is 0 Å². The first-order valence-corrected chi connectivity index (χ1v) is 9.25. The number of carbonyl (C=O) groups is 1. The SMILES string of the molecule is COc1c(Nc2ncccn2)cc(C(=O)Nc2nnc(-c3nccn3C)s2)oc1=O. The second kappa shape index (κ2) is 8.08. The summed E-state index contributed by atoms with van der Waals surface area (Å²) in [7, 11) is 3.13. The van der Waals surface area contributed by atoms with Crippen molar-refractivity contribution in [3.8, 4) is 16.6 Å². The van der Waals surface area contributed by atoms with Gasteiger partial charge in [-0.05, 0) is 6.07 Å². The number of hydrogen-bond donors (Lipinski definition) is 2. The molecule has 0 bridgehead atoms. The van der Waals surface area contributed by atoms with Gasteiger partial charge in [-0.15, -0.1) is 10.2 Å². The number of rotatable bonds is 6. The topological polar surface area (TPSA) is 150 Å². The summed E-state index contributed by atoms with van der Waals surface area (Å²) in [6, 6.07) is 2.95. The van der Waals surface area contributed by atoms with Crippen LogP contribution in [0, 0.1) is 0 Å². The fraction of sp³-hybridized carbons (Fsp3) is 0.118. The second-order valence-electron chi connectivity index (χ2n) is 5.77. The fourth-order valence-corrected chi connectivity index (χ4v) is 3.24. The third-order valence-electron chi connectivity index (χ3n) is 3.81. The minimum absolute atomic E-state index is 0.119. The zero-order chi connectivity index (χ0) is 21.1. The molecule has 4 aromatic rings. The molecule has 2 N–H and O–H groups in total.